The van der Waals surface area contributed by atoms with Gasteiger partial charge in [0, 0.05) is 6.20 Å². The molecule has 2 aromatic rings. The molecule has 0 aromatic carbocycles. The van der Waals surface area contributed by atoms with Gasteiger partial charge in [-0.05, 0) is 19.1 Å². The van der Waals surface area contributed by atoms with E-state index in [0.29, 0.717) is 0 Å². The summed E-state index contributed by atoms with van der Waals surface area (Å²) in [6, 6.07) is 3.74. The Labute approximate surface area is 69.8 Å². The highest BCUT2D eigenvalue weighted by molar-refractivity contribution is 5.52. The summed E-state index contributed by atoms with van der Waals surface area (Å²) in [6.45, 7) is 1.85. The summed E-state index contributed by atoms with van der Waals surface area (Å²) in [5.74, 6) is 1.50. The van der Waals surface area contributed by atoms with Gasteiger partial charge in [-0.2, -0.15) is 5.10 Å². The molecule has 12 heavy (non-hydrogen) atoms. The number of aromatic nitrogens is 3. The fourth-order valence-corrected chi connectivity index (χ4v) is 1.15. The van der Waals surface area contributed by atoms with Crippen LogP contribution in [0.3, 0.4) is 0 Å². The fourth-order valence-electron chi connectivity index (χ4n) is 1.15. The van der Waals surface area contributed by atoms with Crippen LogP contribution in [0.5, 0.6) is 5.75 Å². The van der Waals surface area contributed by atoms with Gasteiger partial charge in [-0.3, -0.25) is 0 Å². The Kier molecular flexibility index (Phi) is 1.46. The maximum absolute atomic E-state index is 5.12. The lowest BCUT2D eigenvalue weighted by atomic mass is 10.4. The van der Waals surface area contributed by atoms with Crippen LogP contribution < -0.4 is 4.74 Å². The van der Waals surface area contributed by atoms with Crippen molar-refractivity contribution < 1.29 is 4.74 Å². The Morgan fingerprint density at radius 3 is 3.08 bits per heavy atom. The van der Waals surface area contributed by atoms with Crippen LogP contribution in [0, 0.1) is 6.92 Å². The van der Waals surface area contributed by atoms with Crippen molar-refractivity contribution in [3.05, 3.63) is 24.2 Å². The van der Waals surface area contributed by atoms with Crippen molar-refractivity contribution in [2.75, 3.05) is 7.11 Å². The third kappa shape index (κ3) is 0.922. The lowest BCUT2D eigenvalue weighted by molar-refractivity contribution is 0.416. The van der Waals surface area contributed by atoms with E-state index in [1.807, 2.05) is 25.3 Å². The second-order valence-electron chi connectivity index (χ2n) is 2.50. The first-order valence-corrected chi connectivity index (χ1v) is 3.67. The molecule has 0 N–H and O–H groups in total. The Hall–Kier alpha value is -1.58. The molecule has 0 radical (unpaired) electrons. The van der Waals surface area contributed by atoms with Crippen LogP contribution >= 0.6 is 0 Å². The number of rotatable bonds is 1. The van der Waals surface area contributed by atoms with Crippen LogP contribution in [0.2, 0.25) is 0 Å². The van der Waals surface area contributed by atoms with E-state index >= 15 is 0 Å². The number of nitrogens with zero attached hydrogens (tertiary/aromatic N) is 3. The highest BCUT2D eigenvalue weighted by Gasteiger charge is 2.03. The van der Waals surface area contributed by atoms with Gasteiger partial charge >= 0.3 is 0 Å². The monoisotopic (exact) mass is 163 g/mol. The molecule has 0 amide bonds. The van der Waals surface area contributed by atoms with Crippen LogP contribution in [-0.2, 0) is 0 Å². The van der Waals surface area contributed by atoms with Gasteiger partial charge in [-0.15, -0.1) is 0 Å². The highest BCUT2D eigenvalue weighted by Crippen LogP contribution is 2.15. The van der Waals surface area contributed by atoms with Crippen molar-refractivity contribution in [2.45, 2.75) is 6.92 Å². The van der Waals surface area contributed by atoms with Crippen LogP contribution in [0.1, 0.15) is 5.82 Å². The second kappa shape index (κ2) is 2.48. The molecular weight excluding hydrogens is 154 g/mol. The molecule has 0 aliphatic rings. The summed E-state index contributed by atoms with van der Waals surface area (Å²) in [7, 11) is 1.62. The smallest absolute Gasteiger partial charge is 0.198 e. The van der Waals surface area contributed by atoms with Gasteiger partial charge in [0.1, 0.15) is 5.82 Å². The van der Waals surface area contributed by atoms with Crippen LogP contribution in [0.25, 0.3) is 5.65 Å². The zero-order chi connectivity index (χ0) is 8.55. The molecule has 4 heteroatoms. The highest BCUT2D eigenvalue weighted by atomic mass is 16.5. The average molecular weight is 163 g/mol. The molecule has 0 aliphatic heterocycles. The van der Waals surface area contributed by atoms with E-state index in [9.17, 15) is 0 Å². The Morgan fingerprint density at radius 1 is 1.50 bits per heavy atom. The van der Waals surface area contributed by atoms with Crippen molar-refractivity contribution >= 4 is 5.65 Å². The predicted molar refractivity (Wildman–Crippen MR) is 44.3 cm³/mol. The molecular formula is C8H9N3O. The predicted octanol–water partition coefficient (Wildman–Crippen LogP) is 1.05. The van der Waals surface area contributed by atoms with Crippen molar-refractivity contribution in [3.63, 3.8) is 0 Å². The number of hydrogen-bond donors (Lipinski definition) is 0. The first-order chi connectivity index (χ1) is 5.81. The van der Waals surface area contributed by atoms with Gasteiger partial charge in [0.2, 0.25) is 0 Å². The Balaban J connectivity index is 2.78. The van der Waals surface area contributed by atoms with E-state index in [2.05, 4.69) is 10.1 Å². The molecule has 0 atom stereocenters. The minimum Gasteiger partial charge on any atom is -0.493 e. The SMILES string of the molecule is COc1cccn2nc(C)nc12. The van der Waals surface area contributed by atoms with Gasteiger partial charge in [-0.1, -0.05) is 0 Å². The summed E-state index contributed by atoms with van der Waals surface area (Å²) < 4.78 is 6.82. The van der Waals surface area contributed by atoms with Gasteiger partial charge in [-0.25, -0.2) is 9.50 Å². The van der Waals surface area contributed by atoms with Crippen molar-refractivity contribution in [2.24, 2.45) is 0 Å². The number of pyridine rings is 1. The fraction of sp³-hybridized carbons (Fsp3) is 0.250. The van der Waals surface area contributed by atoms with Gasteiger partial charge in [0.05, 0.1) is 7.11 Å². The van der Waals surface area contributed by atoms with E-state index in [4.69, 9.17) is 4.74 Å². The minimum atomic E-state index is 0.748. The molecule has 0 bridgehead atoms. The zero-order valence-corrected chi connectivity index (χ0v) is 6.98. The lowest BCUT2D eigenvalue weighted by Gasteiger charge is -1.98. The van der Waals surface area contributed by atoms with Crippen LogP contribution in [-0.4, -0.2) is 21.7 Å². The van der Waals surface area contributed by atoms with Crippen molar-refractivity contribution in [3.8, 4) is 5.75 Å². The first kappa shape index (κ1) is 7.09. The summed E-state index contributed by atoms with van der Waals surface area (Å²) in [5, 5.41) is 4.15. The summed E-state index contributed by atoms with van der Waals surface area (Å²) >= 11 is 0. The van der Waals surface area contributed by atoms with E-state index < -0.39 is 0 Å². The number of aryl methyl sites for hydroxylation is 1. The average Bonchev–Trinajstić information content (AvgIpc) is 2.44. The molecule has 2 aromatic heterocycles. The zero-order valence-electron chi connectivity index (χ0n) is 6.98. The van der Waals surface area contributed by atoms with Gasteiger partial charge in [0.25, 0.3) is 0 Å². The number of ether oxygens (including phenoxy) is 1. The molecule has 0 saturated carbocycles. The Morgan fingerprint density at radius 2 is 2.33 bits per heavy atom. The third-order valence-electron chi connectivity index (χ3n) is 1.65. The molecule has 0 spiro atoms. The molecule has 0 unspecified atom stereocenters. The lowest BCUT2D eigenvalue weighted by Crippen LogP contribution is -1.90. The maximum Gasteiger partial charge on any atom is 0.198 e. The standard InChI is InChI=1S/C8H9N3O/c1-6-9-8-7(12-2)4-3-5-11(8)10-6/h3-5H,1-2H3. The molecule has 62 valence electrons. The molecule has 2 rings (SSSR count). The maximum atomic E-state index is 5.12. The molecule has 2 heterocycles. The number of fused-ring (bicyclic) bond motifs is 1. The summed E-state index contributed by atoms with van der Waals surface area (Å²) in [4.78, 5) is 4.21. The number of hydrogen-bond acceptors (Lipinski definition) is 3. The van der Waals surface area contributed by atoms with Crippen LogP contribution in [0.4, 0.5) is 0 Å². The summed E-state index contributed by atoms with van der Waals surface area (Å²) in [6.07, 6.45) is 1.85. The van der Waals surface area contributed by atoms with Crippen molar-refractivity contribution in [1.82, 2.24) is 14.6 Å². The molecule has 0 saturated heterocycles. The second-order valence-corrected chi connectivity index (χ2v) is 2.50. The van der Waals surface area contributed by atoms with Crippen molar-refractivity contribution in [1.29, 1.82) is 0 Å². The Bertz CT molecular complexity index is 408. The largest absolute Gasteiger partial charge is 0.493 e. The number of methoxy groups -OCH3 is 1. The van der Waals surface area contributed by atoms with E-state index in [1.165, 1.54) is 0 Å². The molecule has 0 aliphatic carbocycles. The molecule has 0 fully saturated rings. The van der Waals surface area contributed by atoms with E-state index in [1.54, 1.807) is 11.6 Å². The summed E-state index contributed by atoms with van der Waals surface area (Å²) in [5.41, 5.74) is 0.762. The molecule has 4 nitrogen and oxygen atoms in total. The van der Waals surface area contributed by atoms with E-state index in [-0.39, 0.29) is 0 Å². The van der Waals surface area contributed by atoms with E-state index in [0.717, 1.165) is 17.2 Å². The topological polar surface area (TPSA) is 39.4 Å². The first-order valence-electron chi connectivity index (χ1n) is 3.67. The van der Waals surface area contributed by atoms with Gasteiger partial charge < -0.3 is 4.74 Å². The van der Waals surface area contributed by atoms with Gasteiger partial charge in [0.15, 0.2) is 11.4 Å². The minimum absolute atomic E-state index is 0.748. The van der Waals surface area contributed by atoms with Crippen LogP contribution in [0.15, 0.2) is 18.3 Å². The quantitative estimate of drug-likeness (QED) is 0.630. The third-order valence-corrected chi connectivity index (χ3v) is 1.65. The normalized spacial score (nSPS) is 10.5.